The molecule has 0 aliphatic rings. The summed E-state index contributed by atoms with van der Waals surface area (Å²) in [6.07, 6.45) is 0. The molecule has 1 amide bonds. The number of benzene rings is 1. The minimum absolute atomic E-state index is 0.192. The van der Waals surface area contributed by atoms with Gasteiger partial charge in [-0.1, -0.05) is 0 Å². The first-order valence-electron chi connectivity index (χ1n) is 8.03. The average molecular weight is 360 g/mol. The third-order valence-electron chi connectivity index (χ3n) is 3.72. The molecule has 0 bridgehead atoms. The fourth-order valence-corrected chi connectivity index (χ4v) is 2.89. The van der Waals surface area contributed by atoms with Gasteiger partial charge in [-0.2, -0.15) is 0 Å². The molecule has 0 spiro atoms. The molecular weight excluding hydrogens is 336 g/mol. The SMILES string of the molecule is COc1ccc(-n2c(C)cc(C(=O)NNC(=S)NC(C)C)c2C)cc1. The topological polar surface area (TPSA) is 67.3 Å². The van der Waals surface area contributed by atoms with E-state index in [1.807, 2.05) is 62.6 Å². The van der Waals surface area contributed by atoms with Gasteiger partial charge in [0.1, 0.15) is 5.75 Å². The number of hydrogen-bond acceptors (Lipinski definition) is 3. The van der Waals surface area contributed by atoms with E-state index in [-0.39, 0.29) is 11.9 Å². The van der Waals surface area contributed by atoms with Crippen molar-refractivity contribution in [2.45, 2.75) is 33.7 Å². The number of amides is 1. The quantitative estimate of drug-likeness (QED) is 0.578. The molecule has 1 heterocycles. The monoisotopic (exact) mass is 360 g/mol. The zero-order chi connectivity index (χ0) is 18.6. The Kier molecular flexibility index (Phi) is 6.03. The van der Waals surface area contributed by atoms with Gasteiger partial charge in [-0.25, -0.2) is 0 Å². The number of hydrogen-bond donors (Lipinski definition) is 3. The van der Waals surface area contributed by atoms with Crippen LogP contribution in [-0.4, -0.2) is 28.7 Å². The normalized spacial score (nSPS) is 10.5. The van der Waals surface area contributed by atoms with Gasteiger partial charge in [-0.15, -0.1) is 0 Å². The Morgan fingerprint density at radius 2 is 1.80 bits per heavy atom. The van der Waals surface area contributed by atoms with Crippen molar-refractivity contribution >= 4 is 23.2 Å². The van der Waals surface area contributed by atoms with Crippen LogP contribution in [0.3, 0.4) is 0 Å². The molecule has 134 valence electrons. The molecule has 0 aliphatic heterocycles. The second-order valence-corrected chi connectivity index (χ2v) is 6.43. The maximum absolute atomic E-state index is 12.5. The first-order chi connectivity index (χ1) is 11.8. The standard InChI is InChI=1S/C18H24N4O2S/c1-11(2)19-18(25)21-20-17(23)16-10-12(3)22(13(16)4)14-6-8-15(24-5)9-7-14/h6-11H,1-5H3,(H,20,23)(H2,19,21,25). The van der Waals surface area contributed by atoms with E-state index in [4.69, 9.17) is 17.0 Å². The van der Waals surface area contributed by atoms with Crippen LogP contribution in [0.15, 0.2) is 30.3 Å². The van der Waals surface area contributed by atoms with Crippen LogP contribution in [-0.2, 0) is 0 Å². The highest BCUT2D eigenvalue weighted by atomic mass is 32.1. The molecule has 2 rings (SSSR count). The number of thiocarbonyl (C=S) groups is 1. The fourth-order valence-electron chi connectivity index (χ4n) is 2.60. The van der Waals surface area contributed by atoms with E-state index in [0.29, 0.717) is 10.7 Å². The first kappa shape index (κ1) is 18.8. The molecular formula is C18H24N4O2S. The van der Waals surface area contributed by atoms with Gasteiger partial charge < -0.3 is 14.6 Å². The van der Waals surface area contributed by atoms with Gasteiger partial charge >= 0.3 is 0 Å². The van der Waals surface area contributed by atoms with Crippen LogP contribution in [0, 0.1) is 13.8 Å². The zero-order valence-corrected chi connectivity index (χ0v) is 16.0. The lowest BCUT2D eigenvalue weighted by Crippen LogP contribution is -2.48. The van der Waals surface area contributed by atoms with E-state index in [9.17, 15) is 4.79 Å². The molecule has 0 atom stereocenters. The van der Waals surface area contributed by atoms with E-state index in [1.165, 1.54) is 0 Å². The Balaban J connectivity index is 2.17. The van der Waals surface area contributed by atoms with Crippen molar-refractivity contribution in [2.24, 2.45) is 0 Å². The maximum atomic E-state index is 12.5. The Morgan fingerprint density at radius 3 is 2.36 bits per heavy atom. The van der Waals surface area contributed by atoms with Gasteiger partial charge in [0.25, 0.3) is 5.91 Å². The maximum Gasteiger partial charge on any atom is 0.271 e. The molecule has 1 aromatic carbocycles. The summed E-state index contributed by atoms with van der Waals surface area (Å²) < 4.78 is 7.22. The van der Waals surface area contributed by atoms with Crippen molar-refractivity contribution < 1.29 is 9.53 Å². The minimum Gasteiger partial charge on any atom is -0.497 e. The van der Waals surface area contributed by atoms with Crippen molar-refractivity contribution in [3.63, 3.8) is 0 Å². The summed E-state index contributed by atoms with van der Waals surface area (Å²) in [4.78, 5) is 12.5. The predicted molar refractivity (Wildman–Crippen MR) is 103 cm³/mol. The smallest absolute Gasteiger partial charge is 0.271 e. The zero-order valence-electron chi connectivity index (χ0n) is 15.1. The molecule has 1 aromatic heterocycles. The number of methoxy groups -OCH3 is 1. The molecule has 0 aliphatic carbocycles. The number of rotatable bonds is 4. The van der Waals surface area contributed by atoms with E-state index >= 15 is 0 Å². The van der Waals surface area contributed by atoms with Crippen LogP contribution < -0.4 is 20.9 Å². The number of ether oxygens (including phenoxy) is 1. The van der Waals surface area contributed by atoms with Gasteiger partial charge in [-0.05, 0) is 70.2 Å². The second kappa shape index (κ2) is 8.02. The van der Waals surface area contributed by atoms with Gasteiger partial charge in [0.15, 0.2) is 5.11 Å². The van der Waals surface area contributed by atoms with Crippen LogP contribution in [0.4, 0.5) is 0 Å². The van der Waals surface area contributed by atoms with Crippen LogP contribution in [0.1, 0.15) is 35.6 Å². The van der Waals surface area contributed by atoms with Crippen molar-refractivity contribution in [1.29, 1.82) is 0 Å². The van der Waals surface area contributed by atoms with Crippen molar-refractivity contribution in [3.05, 3.63) is 47.3 Å². The van der Waals surface area contributed by atoms with Crippen LogP contribution in [0.5, 0.6) is 5.75 Å². The molecule has 6 nitrogen and oxygen atoms in total. The van der Waals surface area contributed by atoms with Crippen molar-refractivity contribution in [3.8, 4) is 11.4 Å². The van der Waals surface area contributed by atoms with Crippen LogP contribution >= 0.6 is 12.2 Å². The van der Waals surface area contributed by atoms with Crippen molar-refractivity contribution in [1.82, 2.24) is 20.7 Å². The number of aromatic nitrogens is 1. The van der Waals surface area contributed by atoms with Crippen LogP contribution in [0.2, 0.25) is 0 Å². The molecule has 2 aromatic rings. The summed E-state index contributed by atoms with van der Waals surface area (Å²) in [5.41, 5.74) is 8.73. The minimum atomic E-state index is -0.235. The summed E-state index contributed by atoms with van der Waals surface area (Å²) in [6.45, 7) is 7.82. The van der Waals surface area contributed by atoms with Gasteiger partial charge in [0.05, 0.1) is 12.7 Å². The van der Waals surface area contributed by atoms with E-state index in [1.54, 1.807) is 7.11 Å². The molecule has 7 heteroatoms. The Labute approximate surface area is 153 Å². The molecule has 0 unspecified atom stereocenters. The summed E-state index contributed by atoms with van der Waals surface area (Å²) in [7, 11) is 1.63. The third-order valence-corrected chi connectivity index (χ3v) is 3.94. The van der Waals surface area contributed by atoms with E-state index in [2.05, 4.69) is 16.2 Å². The Hall–Kier alpha value is -2.54. The number of carbonyl (C=O) groups excluding carboxylic acids is 1. The number of aryl methyl sites for hydroxylation is 1. The lowest BCUT2D eigenvalue weighted by atomic mass is 10.2. The van der Waals surface area contributed by atoms with E-state index in [0.717, 1.165) is 22.8 Å². The number of carbonyl (C=O) groups is 1. The fraction of sp³-hybridized carbons (Fsp3) is 0.333. The lowest BCUT2D eigenvalue weighted by molar-refractivity contribution is 0.0943. The second-order valence-electron chi connectivity index (χ2n) is 6.03. The molecule has 0 saturated carbocycles. The predicted octanol–water partition coefficient (Wildman–Crippen LogP) is 2.62. The lowest BCUT2D eigenvalue weighted by Gasteiger charge is -2.14. The van der Waals surface area contributed by atoms with Gasteiger partial charge in [-0.3, -0.25) is 15.6 Å². The highest BCUT2D eigenvalue weighted by Crippen LogP contribution is 2.22. The summed E-state index contributed by atoms with van der Waals surface area (Å²) in [5, 5.41) is 3.39. The molecule has 0 fully saturated rings. The highest BCUT2D eigenvalue weighted by molar-refractivity contribution is 7.80. The summed E-state index contributed by atoms with van der Waals surface area (Å²) in [6, 6.07) is 9.75. The van der Waals surface area contributed by atoms with Crippen molar-refractivity contribution in [2.75, 3.05) is 7.11 Å². The number of nitrogens with zero attached hydrogens (tertiary/aromatic N) is 1. The van der Waals surface area contributed by atoms with Crippen LogP contribution in [0.25, 0.3) is 5.69 Å². The Morgan fingerprint density at radius 1 is 1.16 bits per heavy atom. The van der Waals surface area contributed by atoms with Gasteiger partial charge in [0, 0.05) is 23.1 Å². The number of hydrazine groups is 1. The molecule has 0 saturated heterocycles. The summed E-state index contributed by atoms with van der Waals surface area (Å²) in [5.74, 6) is 0.556. The highest BCUT2D eigenvalue weighted by Gasteiger charge is 2.17. The Bertz CT molecular complexity index is 766. The average Bonchev–Trinajstić information content (AvgIpc) is 2.87. The summed E-state index contributed by atoms with van der Waals surface area (Å²) >= 11 is 5.11. The van der Waals surface area contributed by atoms with Gasteiger partial charge in [0.2, 0.25) is 0 Å². The number of nitrogens with one attached hydrogen (secondary N) is 3. The molecule has 25 heavy (non-hydrogen) atoms. The first-order valence-corrected chi connectivity index (χ1v) is 8.44. The third kappa shape index (κ3) is 4.51. The van der Waals surface area contributed by atoms with E-state index < -0.39 is 0 Å². The largest absolute Gasteiger partial charge is 0.497 e. The molecule has 0 radical (unpaired) electrons. The molecule has 3 N–H and O–H groups in total.